The monoisotopic (exact) mass is 328 g/mol. The largest absolute Gasteiger partial charge is 0.497 e. The summed E-state index contributed by atoms with van der Waals surface area (Å²) in [7, 11) is -1.58. The fourth-order valence-electron chi connectivity index (χ4n) is 2.30. The molecule has 0 saturated carbocycles. The maximum atomic E-state index is 11.5. The number of rotatable bonds is 4. The summed E-state index contributed by atoms with van der Waals surface area (Å²) in [5, 5.41) is 5.18. The summed E-state index contributed by atoms with van der Waals surface area (Å²) in [5.41, 5.74) is 0.764. The third-order valence-corrected chi connectivity index (χ3v) is 4.65. The third-order valence-electron chi connectivity index (χ3n) is 3.52. The van der Waals surface area contributed by atoms with Crippen LogP contribution in [0.1, 0.15) is 0 Å². The Kier molecular flexibility index (Phi) is 3.92. The molecule has 1 heterocycles. The second-order valence-electron chi connectivity index (χ2n) is 5.17. The lowest BCUT2D eigenvalue weighted by Crippen LogP contribution is -1.98. The number of hydrogen-bond acceptors (Lipinski definition) is 5. The molecule has 0 aliphatic rings. The van der Waals surface area contributed by atoms with Gasteiger partial charge in [0.25, 0.3) is 0 Å². The standard InChI is InChI=1S/C17H16N2O3S/c1-22-14-6-3-12-9-10-18-17(16(12)11-14)19-13-4-7-15(8-5-13)23(2,20)21/h3-11H,1-2H3,(H,18,19). The molecule has 0 unspecified atom stereocenters. The van der Waals surface area contributed by atoms with Crippen molar-refractivity contribution in [2.75, 3.05) is 18.7 Å². The Bertz CT molecular complexity index is 951. The summed E-state index contributed by atoms with van der Waals surface area (Å²) in [4.78, 5) is 4.65. The van der Waals surface area contributed by atoms with Crippen molar-refractivity contribution in [2.24, 2.45) is 0 Å². The number of nitrogens with one attached hydrogen (secondary N) is 1. The van der Waals surface area contributed by atoms with E-state index in [2.05, 4.69) is 10.3 Å². The fraction of sp³-hybridized carbons (Fsp3) is 0.118. The number of aromatic nitrogens is 1. The third kappa shape index (κ3) is 3.27. The van der Waals surface area contributed by atoms with Crippen LogP contribution in [0.2, 0.25) is 0 Å². The number of anilines is 2. The summed E-state index contributed by atoms with van der Waals surface area (Å²) < 4.78 is 28.3. The first-order chi connectivity index (χ1) is 11.0. The normalized spacial score (nSPS) is 11.4. The molecule has 3 rings (SSSR count). The van der Waals surface area contributed by atoms with Crippen LogP contribution in [0, 0.1) is 0 Å². The van der Waals surface area contributed by atoms with Gasteiger partial charge in [-0.05, 0) is 47.9 Å². The predicted octanol–water partition coefficient (Wildman–Crippen LogP) is 3.39. The van der Waals surface area contributed by atoms with Crippen molar-refractivity contribution in [3.05, 3.63) is 54.7 Å². The average Bonchev–Trinajstić information content (AvgIpc) is 2.54. The summed E-state index contributed by atoms with van der Waals surface area (Å²) >= 11 is 0. The van der Waals surface area contributed by atoms with Gasteiger partial charge in [-0.2, -0.15) is 0 Å². The van der Waals surface area contributed by atoms with Crippen molar-refractivity contribution >= 4 is 32.1 Å². The molecular formula is C17H16N2O3S. The summed E-state index contributed by atoms with van der Waals surface area (Å²) in [5.74, 6) is 1.44. The Balaban J connectivity index is 1.98. The number of hydrogen-bond donors (Lipinski definition) is 1. The van der Waals surface area contributed by atoms with Gasteiger partial charge in [-0.3, -0.25) is 0 Å². The lowest BCUT2D eigenvalue weighted by atomic mass is 10.1. The minimum absolute atomic E-state index is 0.288. The molecule has 1 aromatic heterocycles. The van der Waals surface area contributed by atoms with Gasteiger partial charge < -0.3 is 10.1 Å². The molecule has 2 aromatic carbocycles. The van der Waals surface area contributed by atoms with Gasteiger partial charge in [0.05, 0.1) is 12.0 Å². The van der Waals surface area contributed by atoms with Gasteiger partial charge >= 0.3 is 0 Å². The van der Waals surface area contributed by atoms with E-state index >= 15 is 0 Å². The van der Waals surface area contributed by atoms with Gasteiger partial charge in [-0.25, -0.2) is 13.4 Å². The molecule has 0 spiro atoms. The van der Waals surface area contributed by atoms with Crippen LogP contribution < -0.4 is 10.1 Å². The van der Waals surface area contributed by atoms with Crippen molar-refractivity contribution in [2.45, 2.75) is 4.90 Å². The van der Waals surface area contributed by atoms with Crippen molar-refractivity contribution in [1.29, 1.82) is 0 Å². The van der Waals surface area contributed by atoms with Crippen LogP contribution in [0.25, 0.3) is 10.8 Å². The quantitative estimate of drug-likeness (QED) is 0.795. The highest BCUT2D eigenvalue weighted by atomic mass is 32.2. The zero-order valence-electron chi connectivity index (χ0n) is 12.8. The van der Waals surface area contributed by atoms with Crippen LogP contribution in [0.15, 0.2) is 59.6 Å². The molecule has 118 valence electrons. The molecule has 5 nitrogen and oxygen atoms in total. The molecule has 6 heteroatoms. The SMILES string of the molecule is COc1ccc2ccnc(Nc3ccc(S(C)(=O)=O)cc3)c2c1. The summed E-state index contributed by atoms with van der Waals surface area (Å²) in [6.45, 7) is 0. The lowest BCUT2D eigenvalue weighted by Gasteiger charge is -2.10. The molecule has 0 atom stereocenters. The maximum Gasteiger partial charge on any atom is 0.175 e. The van der Waals surface area contributed by atoms with Gasteiger partial charge in [0, 0.05) is 23.5 Å². The Hall–Kier alpha value is -2.60. The van der Waals surface area contributed by atoms with Crippen molar-refractivity contribution in [1.82, 2.24) is 4.98 Å². The second kappa shape index (κ2) is 5.89. The molecule has 3 aromatic rings. The van der Waals surface area contributed by atoms with Gasteiger partial charge in [0.1, 0.15) is 11.6 Å². The topological polar surface area (TPSA) is 68.3 Å². The second-order valence-corrected chi connectivity index (χ2v) is 7.18. The Morgan fingerprint density at radius 3 is 2.43 bits per heavy atom. The Morgan fingerprint density at radius 1 is 1.04 bits per heavy atom. The zero-order valence-corrected chi connectivity index (χ0v) is 13.6. The molecule has 0 bridgehead atoms. The van der Waals surface area contributed by atoms with Crippen LogP contribution in [0.3, 0.4) is 0 Å². The molecule has 0 radical (unpaired) electrons. The predicted molar refractivity (Wildman–Crippen MR) is 91.1 cm³/mol. The van der Waals surface area contributed by atoms with Gasteiger partial charge in [-0.15, -0.1) is 0 Å². The van der Waals surface area contributed by atoms with Crippen molar-refractivity contribution in [3.63, 3.8) is 0 Å². The van der Waals surface area contributed by atoms with Crippen molar-refractivity contribution < 1.29 is 13.2 Å². The zero-order chi connectivity index (χ0) is 16.4. The number of benzene rings is 2. The highest BCUT2D eigenvalue weighted by Gasteiger charge is 2.08. The average molecular weight is 328 g/mol. The summed E-state index contributed by atoms with van der Waals surface area (Å²) in [6.07, 6.45) is 2.91. The van der Waals surface area contributed by atoms with Crippen LogP contribution in [0.4, 0.5) is 11.5 Å². The fourth-order valence-corrected chi connectivity index (χ4v) is 2.93. The molecule has 0 fully saturated rings. The molecule has 0 saturated heterocycles. The maximum absolute atomic E-state index is 11.5. The van der Waals surface area contributed by atoms with E-state index < -0.39 is 9.84 Å². The minimum atomic E-state index is -3.20. The summed E-state index contributed by atoms with van der Waals surface area (Å²) in [6, 6.07) is 14.3. The van der Waals surface area contributed by atoms with Gasteiger partial charge in [0.15, 0.2) is 9.84 Å². The number of fused-ring (bicyclic) bond motifs is 1. The van der Waals surface area contributed by atoms with Crippen LogP contribution in [-0.2, 0) is 9.84 Å². The number of nitrogens with zero attached hydrogens (tertiary/aromatic N) is 1. The van der Waals surface area contributed by atoms with Crippen LogP contribution >= 0.6 is 0 Å². The van der Waals surface area contributed by atoms with E-state index in [-0.39, 0.29) is 4.90 Å². The Morgan fingerprint density at radius 2 is 1.78 bits per heavy atom. The molecule has 23 heavy (non-hydrogen) atoms. The van der Waals surface area contributed by atoms with Gasteiger partial charge in [-0.1, -0.05) is 6.07 Å². The van der Waals surface area contributed by atoms with Crippen LogP contribution in [-0.4, -0.2) is 26.8 Å². The number of pyridine rings is 1. The van der Waals surface area contributed by atoms with E-state index in [0.717, 1.165) is 22.2 Å². The lowest BCUT2D eigenvalue weighted by molar-refractivity contribution is 0.415. The molecule has 0 aliphatic heterocycles. The Labute approximate surface area is 134 Å². The highest BCUT2D eigenvalue weighted by Crippen LogP contribution is 2.28. The van der Waals surface area contributed by atoms with Crippen LogP contribution in [0.5, 0.6) is 5.75 Å². The first kappa shape index (κ1) is 15.3. The first-order valence-electron chi connectivity index (χ1n) is 6.97. The molecule has 0 aliphatic carbocycles. The van der Waals surface area contributed by atoms with E-state index in [1.165, 1.54) is 6.26 Å². The van der Waals surface area contributed by atoms with E-state index in [1.807, 2.05) is 24.3 Å². The van der Waals surface area contributed by atoms with E-state index in [0.29, 0.717) is 5.82 Å². The first-order valence-corrected chi connectivity index (χ1v) is 8.86. The van der Waals surface area contributed by atoms with Crippen molar-refractivity contribution in [3.8, 4) is 5.75 Å². The highest BCUT2D eigenvalue weighted by molar-refractivity contribution is 7.90. The van der Waals surface area contributed by atoms with Gasteiger partial charge in [0.2, 0.25) is 0 Å². The molecular weight excluding hydrogens is 312 g/mol. The number of ether oxygens (including phenoxy) is 1. The number of sulfone groups is 1. The molecule has 1 N–H and O–H groups in total. The minimum Gasteiger partial charge on any atom is -0.497 e. The van der Waals surface area contributed by atoms with E-state index in [4.69, 9.17) is 4.74 Å². The number of methoxy groups -OCH3 is 1. The molecule has 0 amide bonds. The van der Waals surface area contributed by atoms with E-state index in [1.54, 1.807) is 37.6 Å². The van der Waals surface area contributed by atoms with E-state index in [9.17, 15) is 8.42 Å². The smallest absolute Gasteiger partial charge is 0.175 e.